The maximum atomic E-state index is 6.23. The maximum absolute atomic E-state index is 6.23. The fourth-order valence-electron chi connectivity index (χ4n) is 2.13. The molecular formula is C10H19NO2S. The van der Waals surface area contributed by atoms with E-state index >= 15 is 0 Å². The van der Waals surface area contributed by atoms with E-state index in [-0.39, 0.29) is 12.1 Å². The van der Waals surface area contributed by atoms with Crippen LogP contribution in [0.25, 0.3) is 0 Å². The summed E-state index contributed by atoms with van der Waals surface area (Å²) in [4.78, 5) is 0. The predicted molar refractivity (Wildman–Crippen MR) is 58.6 cm³/mol. The Morgan fingerprint density at radius 3 is 2.64 bits per heavy atom. The van der Waals surface area contributed by atoms with Crippen molar-refractivity contribution in [2.24, 2.45) is 11.7 Å². The van der Waals surface area contributed by atoms with Crippen LogP contribution in [0.5, 0.6) is 0 Å². The van der Waals surface area contributed by atoms with Gasteiger partial charge in [0.25, 0.3) is 0 Å². The molecule has 2 fully saturated rings. The standard InChI is InChI=1S/C10H19NO2S/c11-10(8-1-3-12-4-2-8)9-7-14-6-5-13-9/h8-10H,1-7,11H2. The quantitative estimate of drug-likeness (QED) is 0.745. The molecule has 2 rings (SSSR count). The molecule has 14 heavy (non-hydrogen) atoms. The fourth-order valence-corrected chi connectivity index (χ4v) is 3.06. The third kappa shape index (κ3) is 2.63. The second kappa shape index (κ2) is 5.35. The molecule has 2 aliphatic heterocycles. The van der Waals surface area contributed by atoms with Crippen molar-refractivity contribution < 1.29 is 9.47 Å². The van der Waals surface area contributed by atoms with Crippen molar-refractivity contribution in [3.05, 3.63) is 0 Å². The molecule has 3 nitrogen and oxygen atoms in total. The lowest BCUT2D eigenvalue weighted by Crippen LogP contribution is -2.47. The highest BCUT2D eigenvalue weighted by Gasteiger charge is 2.29. The Labute approximate surface area is 89.7 Å². The Bertz CT molecular complexity index is 150. The zero-order chi connectivity index (χ0) is 9.80. The second-order valence-corrected chi connectivity index (χ2v) is 5.16. The predicted octanol–water partition coefficient (Wildman–Crippen LogP) is 0.872. The number of hydrogen-bond acceptors (Lipinski definition) is 4. The van der Waals surface area contributed by atoms with Gasteiger partial charge in [-0.2, -0.15) is 11.8 Å². The molecule has 0 aromatic heterocycles. The summed E-state index contributed by atoms with van der Waals surface area (Å²) < 4.78 is 11.0. The Hall–Kier alpha value is 0.230. The van der Waals surface area contributed by atoms with Gasteiger partial charge in [-0.05, 0) is 18.8 Å². The van der Waals surface area contributed by atoms with Crippen LogP contribution in [0.1, 0.15) is 12.8 Å². The number of hydrogen-bond donors (Lipinski definition) is 1. The van der Waals surface area contributed by atoms with Gasteiger partial charge in [0.2, 0.25) is 0 Å². The van der Waals surface area contributed by atoms with Crippen LogP contribution in [0, 0.1) is 5.92 Å². The molecule has 0 aromatic rings. The van der Waals surface area contributed by atoms with Crippen LogP contribution < -0.4 is 5.73 Å². The van der Waals surface area contributed by atoms with Crippen LogP contribution in [0.2, 0.25) is 0 Å². The highest BCUT2D eigenvalue weighted by Crippen LogP contribution is 2.24. The SMILES string of the molecule is NC(C1CCOCC1)C1CSCCO1. The van der Waals surface area contributed by atoms with Gasteiger partial charge in [-0.25, -0.2) is 0 Å². The molecule has 0 aromatic carbocycles. The second-order valence-electron chi connectivity index (χ2n) is 4.01. The van der Waals surface area contributed by atoms with E-state index in [4.69, 9.17) is 15.2 Å². The molecule has 4 heteroatoms. The van der Waals surface area contributed by atoms with Gasteiger partial charge in [0.15, 0.2) is 0 Å². The summed E-state index contributed by atoms with van der Waals surface area (Å²) in [5, 5.41) is 0. The van der Waals surface area contributed by atoms with Crippen LogP contribution >= 0.6 is 11.8 Å². The summed E-state index contributed by atoms with van der Waals surface area (Å²) in [5.74, 6) is 2.79. The number of nitrogens with two attached hydrogens (primary N) is 1. The lowest BCUT2D eigenvalue weighted by Gasteiger charge is -2.34. The molecule has 0 amide bonds. The van der Waals surface area contributed by atoms with Crippen LogP contribution in [-0.4, -0.2) is 43.5 Å². The van der Waals surface area contributed by atoms with Crippen LogP contribution in [-0.2, 0) is 9.47 Å². The maximum Gasteiger partial charge on any atom is 0.0819 e. The molecule has 2 saturated heterocycles. The molecule has 2 aliphatic rings. The van der Waals surface area contributed by atoms with E-state index in [9.17, 15) is 0 Å². The largest absolute Gasteiger partial charge is 0.381 e. The lowest BCUT2D eigenvalue weighted by molar-refractivity contribution is 0.00663. The Morgan fingerprint density at radius 1 is 1.21 bits per heavy atom. The van der Waals surface area contributed by atoms with Gasteiger partial charge in [0, 0.05) is 30.8 Å². The average molecular weight is 217 g/mol. The van der Waals surface area contributed by atoms with Gasteiger partial charge in [-0.1, -0.05) is 0 Å². The van der Waals surface area contributed by atoms with Crippen molar-refractivity contribution in [1.82, 2.24) is 0 Å². The first kappa shape index (κ1) is 10.7. The highest BCUT2D eigenvalue weighted by atomic mass is 32.2. The average Bonchev–Trinajstić information content (AvgIpc) is 2.30. The lowest BCUT2D eigenvalue weighted by atomic mass is 9.89. The number of rotatable bonds is 2. The van der Waals surface area contributed by atoms with E-state index in [1.807, 2.05) is 11.8 Å². The molecular weight excluding hydrogens is 198 g/mol. The van der Waals surface area contributed by atoms with Crippen molar-refractivity contribution in [2.45, 2.75) is 25.0 Å². The molecule has 0 radical (unpaired) electrons. The molecule has 0 bridgehead atoms. The Morgan fingerprint density at radius 2 is 2.00 bits per heavy atom. The van der Waals surface area contributed by atoms with Gasteiger partial charge >= 0.3 is 0 Å². The number of ether oxygens (including phenoxy) is 2. The Balaban J connectivity index is 1.82. The van der Waals surface area contributed by atoms with Crippen molar-refractivity contribution in [3.8, 4) is 0 Å². The molecule has 0 aliphatic carbocycles. The van der Waals surface area contributed by atoms with Gasteiger partial charge in [-0.3, -0.25) is 0 Å². The van der Waals surface area contributed by atoms with Crippen LogP contribution in [0.15, 0.2) is 0 Å². The number of thioether (sulfide) groups is 1. The molecule has 0 spiro atoms. The van der Waals surface area contributed by atoms with E-state index in [2.05, 4.69) is 0 Å². The summed E-state index contributed by atoms with van der Waals surface area (Å²) in [5.41, 5.74) is 6.23. The van der Waals surface area contributed by atoms with Crippen LogP contribution in [0.3, 0.4) is 0 Å². The topological polar surface area (TPSA) is 44.5 Å². The first-order valence-electron chi connectivity index (χ1n) is 5.40. The van der Waals surface area contributed by atoms with E-state index in [0.717, 1.165) is 44.2 Å². The minimum atomic E-state index is 0.215. The zero-order valence-corrected chi connectivity index (χ0v) is 9.30. The van der Waals surface area contributed by atoms with E-state index in [0.29, 0.717) is 5.92 Å². The van der Waals surface area contributed by atoms with E-state index in [1.54, 1.807) is 0 Å². The third-order valence-electron chi connectivity index (χ3n) is 3.08. The smallest absolute Gasteiger partial charge is 0.0819 e. The van der Waals surface area contributed by atoms with Crippen molar-refractivity contribution >= 4 is 11.8 Å². The first-order chi connectivity index (χ1) is 6.88. The molecule has 2 unspecified atom stereocenters. The molecule has 82 valence electrons. The summed E-state index contributed by atoms with van der Waals surface area (Å²) in [6.45, 7) is 2.61. The first-order valence-corrected chi connectivity index (χ1v) is 6.56. The molecule has 0 saturated carbocycles. The summed E-state index contributed by atoms with van der Waals surface area (Å²) in [6, 6.07) is 0.215. The van der Waals surface area contributed by atoms with Crippen molar-refractivity contribution in [1.29, 1.82) is 0 Å². The monoisotopic (exact) mass is 217 g/mol. The minimum absolute atomic E-state index is 0.215. The fraction of sp³-hybridized carbons (Fsp3) is 1.00. The van der Waals surface area contributed by atoms with Gasteiger partial charge in [-0.15, -0.1) is 0 Å². The Kier molecular flexibility index (Phi) is 4.10. The van der Waals surface area contributed by atoms with Crippen molar-refractivity contribution in [3.63, 3.8) is 0 Å². The summed E-state index contributed by atoms with van der Waals surface area (Å²) >= 11 is 1.96. The van der Waals surface area contributed by atoms with Gasteiger partial charge < -0.3 is 15.2 Å². The third-order valence-corrected chi connectivity index (χ3v) is 4.10. The van der Waals surface area contributed by atoms with Gasteiger partial charge in [0.05, 0.1) is 12.7 Å². The minimum Gasteiger partial charge on any atom is -0.381 e. The van der Waals surface area contributed by atoms with Gasteiger partial charge in [0.1, 0.15) is 0 Å². The van der Waals surface area contributed by atoms with E-state index < -0.39 is 0 Å². The molecule has 2 heterocycles. The summed E-state index contributed by atoms with van der Waals surface area (Å²) in [7, 11) is 0. The summed E-state index contributed by atoms with van der Waals surface area (Å²) in [6.07, 6.45) is 2.48. The van der Waals surface area contributed by atoms with Crippen LogP contribution in [0.4, 0.5) is 0 Å². The normalized spacial score (nSPS) is 32.8. The van der Waals surface area contributed by atoms with Crippen molar-refractivity contribution in [2.75, 3.05) is 31.3 Å². The molecule has 2 atom stereocenters. The van der Waals surface area contributed by atoms with E-state index in [1.165, 1.54) is 0 Å². The zero-order valence-electron chi connectivity index (χ0n) is 8.48. The highest BCUT2D eigenvalue weighted by molar-refractivity contribution is 7.99. The molecule has 2 N–H and O–H groups in total.